The van der Waals surface area contributed by atoms with Gasteiger partial charge in [0.15, 0.2) is 0 Å². The van der Waals surface area contributed by atoms with Crippen LogP contribution >= 0.6 is 0 Å². The number of amides is 3. The van der Waals surface area contributed by atoms with Gasteiger partial charge in [-0.05, 0) is 25.7 Å². The highest BCUT2D eigenvalue weighted by atomic mass is 16.4. The molecule has 118 valence electrons. The normalized spacial score (nSPS) is 25.0. The van der Waals surface area contributed by atoms with Crippen molar-refractivity contribution in [1.29, 1.82) is 0 Å². The monoisotopic (exact) mass is 304 g/mol. The number of rotatable bonds is 3. The van der Waals surface area contributed by atoms with E-state index in [1.807, 2.05) is 6.20 Å². The number of nitrogens with one attached hydrogen (secondary N) is 1. The van der Waals surface area contributed by atoms with Crippen molar-refractivity contribution in [2.24, 2.45) is 0 Å². The zero-order valence-corrected chi connectivity index (χ0v) is 12.7. The first-order valence-corrected chi connectivity index (χ1v) is 7.85. The van der Waals surface area contributed by atoms with Crippen LogP contribution < -0.4 is 5.32 Å². The summed E-state index contributed by atoms with van der Waals surface area (Å²) in [6.45, 7) is 2.17. The number of carbonyl (C=O) groups is 2. The maximum atomic E-state index is 12.2. The van der Waals surface area contributed by atoms with Gasteiger partial charge in [0, 0.05) is 26.1 Å². The maximum Gasteiger partial charge on any atom is 0.324 e. The van der Waals surface area contributed by atoms with E-state index in [0.29, 0.717) is 25.3 Å². The van der Waals surface area contributed by atoms with E-state index in [1.165, 1.54) is 24.8 Å². The van der Waals surface area contributed by atoms with E-state index in [9.17, 15) is 9.59 Å². The molecule has 3 fully saturated rings. The van der Waals surface area contributed by atoms with Crippen LogP contribution in [0.2, 0.25) is 0 Å². The molecule has 0 atom stereocenters. The van der Waals surface area contributed by atoms with Gasteiger partial charge in [-0.3, -0.25) is 14.6 Å². The Bertz CT molecular complexity index is 614. The number of likely N-dealkylation sites (N-methyl/N-ethyl adjacent to an activating group) is 1. The molecule has 2 saturated heterocycles. The molecular formula is C15H20N4O3. The third-order valence-electron chi connectivity index (χ3n) is 4.98. The van der Waals surface area contributed by atoms with Crippen molar-refractivity contribution in [1.82, 2.24) is 20.1 Å². The number of oxazole rings is 1. The molecule has 22 heavy (non-hydrogen) atoms. The lowest BCUT2D eigenvalue weighted by molar-refractivity contribution is -0.132. The lowest BCUT2D eigenvalue weighted by Crippen LogP contribution is -2.54. The average Bonchev–Trinajstić information content (AvgIpc) is 3.23. The molecule has 1 aromatic rings. The lowest BCUT2D eigenvalue weighted by atomic mass is 9.87. The van der Waals surface area contributed by atoms with Crippen molar-refractivity contribution in [3.63, 3.8) is 0 Å². The Morgan fingerprint density at radius 2 is 2.09 bits per heavy atom. The minimum absolute atomic E-state index is 0.107. The standard InChI is InChI=1S/C15H20N4O3/c1-18-13(20)15(17-14(18)21)4-6-19(7-5-15)9-12-16-8-11(22-12)10-2-3-10/h8,10H,2-7,9H2,1H3,(H,17,21). The number of hydrogen-bond acceptors (Lipinski definition) is 5. The molecule has 1 saturated carbocycles. The highest BCUT2D eigenvalue weighted by Gasteiger charge is 2.50. The first-order valence-electron chi connectivity index (χ1n) is 7.85. The summed E-state index contributed by atoms with van der Waals surface area (Å²) < 4.78 is 5.78. The molecule has 1 N–H and O–H groups in total. The molecule has 0 radical (unpaired) electrons. The quantitative estimate of drug-likeness (QED) is 0.845. The molecule has 1 aromatic heterocycles. The Labute approximate surface area is 128 Å². The van der Waals surface area contributed by atoms with Gasteiger partial charge in [0.1, 0.15) is 11.3 Å². The van der Waals surface area contributed by atoms with Crippen LogP contribution in [0.15, 0.2) is 10.6 Å². The van der Waals surface area contributed by atoms with Gasteiger partial charge in [0.05, 0.1) is 12.7 Å². The SMILES string of the molecule is CN1C(=O)NC2(CCN(Cc3ncc(C4CC4)o3)CC2)C1=O. The van der Waals surface area contributed by atoms with Gasteiger partial charge < -0.3 is 9.73 Å². The van der Waals surface area contributed by atoms with Crippen LogP contribution in [0.3, 0.4) is 0 Å². The van der Waals surface area contributed by atoms with Crippen molar-refractivity contribution < 1.29 is 14.0 Å². The first-order chi connectivity index (χ1) is 10.6. The fourth-order valence-corrected chi connectivity index (χ4v) is 3.33. The van der Waals surface area contributed by atoms with Crippen LogP contribution in [0.5, 0.6) is 0 Å². The number of imide groups is 1. The molecule has 4 rings (SSSR count). The Balaban J connectivity index is 1.37. The fraction of sp³-hybridized carbons (Fsp3) is 0.667. The first kappa shape index (κ1) is 13.8. The summed E-state index contributed by atoms with van der Waals surface area (Å²) >= 11 is 0. The Hall–Kier alpha value is -1.89. The van der Waals surface area contributed by atoms with Crippen molar-refractivity contribution in [2.75, 3.05) is 20.1 Å². The van der Waals surface area contributed by atoms with Gasteiger partial charge >= 0.3 is 6.03 Å². The van der Waals surface area contributed by atoms with Gasteiger partial charge in [-0.2, -0.15) is 0 Å². The number of likely N-dealkylation sites (tertiary alicyclic amines) is 1. The highest BCUT2D eigenvalue weighted by Crippen LogP contribution is 2.40. The molecular weight excluding hydrogens is 284 g/mol. The number of piperidine rings is 1. The van der Waals surface area contributed by atoms with Crippen LogP contribution in [-0.2, 0) is 11.3 Å². The second-order valence-corrected chi connectivity index (χ2v) is 6.58. The van der Waals surface area contributed by atoms with E-state index in [1.54, 1.807) is 0 Å². The molecule has 0 bridgehead atoms. The van der Waals surface area contributed by atoms with Crippen molar-refractivity contribution in [3.8, 4) is 0 Å². The van der Waals surface area contributed by atoms with Crippen LogP contribution in [-0.4, -0.2) is 52.4 Å². The van der Waals surface area contributed by atoms with Gasteiger partial charge in [0.25, 0.3) is 5.91 Å². The third-order valence-corrected chi connectivity index (χ3v) is 4.98. The van der Waals surface area contributed by atoms with E-state index in [4.69, 9.17) is 4.42 Å². The third kappa shape index (κ3) is 2.20. The number of nitrogens with zero attached hydrogens (tertiary/aromatic N) is 3. The Kier molecular flexibility index (Phi) is 3.00. The summed E-state index contributed by atoms with van der Waals surface area (Å²) in [7, 11) is 1.53. The molecule has 0 aromatic carbocycles. The highest BCUT2D eigenvalue weighted by molar-refractivity contribution is 6.06. The number of aromatic nitrogens is 1. The number of hydrogen-bond donors (Lipinski definition) is 1. The van der Waals surface area contributed by atoms with Gasteiger partial charge in [-0.25, -0.2) is 9.78 Å². The molecule has 7 nitrogen and oxygen atoms in total. The Morgan fingerprint density at radius 3 is 2.68 bits per heavy atom. The van der Waals surface area contributed by atoms with Gasteiger partial charge in [-0.15, -0.1) is 0 Å². The van der Waals surface area contributed by atoms with E-state index in [-0.39, 0.29) is 11.9 Å². The molecule has 1 aliphatic carbocycles. The fourth-order valence-electron chi connectivity index (χ4n) is 3.33. The second-order valence-electron chi connectivity index (χ2n) is 6.58. The predicted octanol–water partition coefficient (Wildman–Crippen LogP) is 1.07. The molecule has 3 amide bonds. The summed E-state index contributed by atoms with van der Waals surface area (Å²) in [5, 5.41) is 2.85. The summed E-state index contributed by atoms with van der Waals surface area (Å²) in [6.07, 6.45) is 5.52. The molecule has 1 spiro atoms. The van der Waals surface area contributed by atoms with Crippen LogP contribution in [0, 0.1) is 0 Å². The smallest absolute Gasteiger partial charge is 0.324 e. The zero-order chi connectivity index (χ0) is 15.3. The summed E-state index contributed by atoms with van der Waals surface area (Å²) in [5.41, 5.74) is -0.696. The number of urea groups is 1. The largest absolute Gasteiger partial charge is 0.444 e. The predicted molar refractivity (Wildman–Crippen MR) is 77.0 cm³/mol. The van der Waals surface area contributed by atoms with Crippen LogP contribution in [0.4, 0.5) is 4.79 Å². The topological polar surface area (TPSA) is 78.7 Å². The van der Waals surface area contributed by atoms with Crippen LogP contribution in [0.1, 0.15) is 43.3 Å². The lowest BCUT2D eigenvalue weighted by Gasteiger charge is -2.36. The average molecular weight is 304 g/mol. The zero-order valence-electron chi connectivity index (χ0n) is 12.7. The summed E-state index contributed by atoms with van der Waals surface area (Å²) in [6, 6.07) is -0.291. The molecule has 3 heterocycles. The minimum atomic E-state index is -0.696. The van der Waals surface area contributed by atoms with Crippen molar-refractivity contribution >= 4 is 11.9 Å². The minimum Gasteiger partial charge on any atom is -0.444 e. The van der Waals surface area contributed by atoms with E-state index >= 15 is 0 Å². The van der Waals surface area contributed by atoms with E-state index in [2.05, 4.69) is 15.2 Å². The molecule has 3 aliphatic rings. The Morgan fingerprint density at radius 1 is 1.36 bits per heavy atom. The van der Waals surface area contributed by atoms with E-state index < -0.39 is 5.54 Å². The molecule has 2 aliphatic heterocycles. The van der Waals surface area contributed by atoms with E-state index in [0.717, 1.165) is 24.7 Å². The van der Waals surface area contributed by atoms with Gasteiger partial charge in [-0.1, -0.05) is 0 Å². The maximum absolute atomic E-state index is 12.2. The van der Waals surface area contributed by atoms with Crippen molar-refractivity contribution in [2.45, 2.75) is 43.7 Å². The van der Waals surface area contributed by atoms with Crippen molar-refractivity contribution in [3.05, 3.63) is 17.8 Å². The second kappa shape index (κ2) is 4.81. The van der Waals surface area contributed by atoms with Crippen LogP contribution in [0.25, 0.3) is 0 Å². The van der Waals surface area contributed by atoms with Gasteiger partial charge in [0.2, 0.25) is 5.89 Å². The number of carbonyl (C=O) groups excluding carboxylic acids is 2. The molecule has 0 unspecified atom stereocenters. The molecule has 7 heteroatoms. The summed E-state index contributed by atoms with van der Waals surface area (Å²) in [4.78, 5) is 31.7. The summed E-state index contributed by atoms with van der Waals surface area (Å²) in [5.74, 6) is 2.22.